The Kier molecular flexibility index (Phi) is 8.63. The molecule has 0 fully saturated rings. The number of carbonyl (C=O) groups excluding carboxylic acids is 1. The zero-order valence-corrected chi connectivity index (χ0v) is 26.5. The summed E-state index contributed by atoms with van der Waals surface area (Å²) in [6, 6.07) is 33.2. The number of amides is 1. The summed E-state index contributed by atoms with van der Waals surface area (Å²) < 4.78 is 7.54. The van der Waals surface area contributed by atoms with Crippen LogP contribution in [0.5, 0.6) is 0 Å². The van der Waals surface area contributed by atoms with Crippen molar-refractivity contribution in [2.45, 2.75) is 38.3 Å². The van der Waals surface area contributed by atoms with Crippen LogP contribution in [-0.4, -0.2) is 38.3 Å². The summed E-state index contributed by atoms with van der Waals surface area (Å²) in [7, 11) is -2.74. The zero-order valence-electron chi connectivity index (χ0n) is 23.9. The second kappa shape index (κ2) is 12.2. The zero-order chi connectivity index (χ0) is 29.9. The molecule has 0 radical (unpaired) electrons. The van der Waals surface area contributed by atoms with E-state index < -0.39 is 13.2 Å². The van der Waals surface area contributed by atoms with E-state index in [9.17, 15) is 14.9 Å². The van der Waals surface area contributed by atoms with Crippen LogP contribution >= 0.6 is 15.9 Å². The number of rotatable bonds is 7. The molecular formula is C33H34BrN3O4Si. The Bertz CT molecular complexity index is 1540. The molecule has 0 bridgehead atoms. The monoisotopic (exact) mass is 643 g/mol. The molecule has 0 aliphatic carbocycles. The third-order valence-electron chi connectivity index (χ3n) is 7.81. The molecule has 1 atom stereocenters. The highest BCUT2D eigenvalue weighted by atomic mass is 79.9. The number of nitrogens with one attached hydrogen (secondary N) is 1. The van der Waals surface area contributed by atoms with Crippen LogP contribution in [0.3, 0.4) is 0 Å². The van der Waals surface area contributed by atoms with Gasteiger partial charge in [0.25, 0.3) is 19.9 Å². The van der Waals surface area contributed by atoms with Crippen LogP contribution < -0.4 is 20.6 Å². The highest BCUT2D eigenvalue weighted by Crippen LogP contribution is 2.38. The molecule has 0 saturated carbocycles. The molecule has 4 aromatic carbocycles. The smallest absolute Gasteiger partial charge is 0.284 e. The van der Waals surface area contributed by atoms with Crippen molar-refractivity contribution in [1.82, 2.24) is 0 Å². The number of para-hydroxylation sites is 2. The standard InChI is InChI=1S/C33H34BrN3O4Si/c1-33(2,3)42(26-12-6-4-7-13-26,27-14-8-5-9-15-27)41-23-25-20-21-36(30-17-11-10-16-29(30)35-25)32(38)24-18-19-28(34)31(22-24)37(39)40/h4-19,22,25,35H,20-21,23H2,1-3H3. The van der Waals surface area contributed by atoms with Crippen LogP contribution in [-0.2, 0) is 4.43 Å². The van der Waals surface area contributed by atoms with Gasteiger partial charge in [-0.2, -0.15) is 0 Å². The Hall–Kier alpha value is -3.79. The Morgan fingerprint density at radius 1 is 0.976 bits per heavy atom. The lowest BCUT2D eigenvalue weighted by Gasteiger charge is -2.43. The lowest BCUT2D eigenvalue weighted by atomic mass is 10.1. The number of nitrogens with zero attached hydrogens (tertiary/aromatic N) is 2. The predicted octanol–water partition coefficient (Wildman–Crippen LogP) is 6.76. The van der Waals surface area contributed by atoms with E-state index in [4.69, 9.17) is 4.43 Å². The molecular weight excluding hydrogens is 610 g/mol. The first-order valence-corrected chi connectivity index (χ1v) is 16.7. The quantitative estimate of drug-likeness (QED) is 0.137. The van der Waals surface area contributed by atoms with Crippen LogP contribution in [0.25, 0.3) is 0 Å². The van der Waals surface area contributed by atoms with Crippen molar-refractivity contribution in [2.75, 3.05) is 23.4 Å². The average Bonchev–Trinajstić information content (AvgIpc) is 3.17. The van der Waals surface area contributed by atoms with Crippen molar-refractivity contribution in [3.63, 3.8) is 0 Å². The average molecular weight is 645 g/mol. The molecule has 1 amide bonds. The number of carbonyl (C=O) groups is 1. The van der Waals surface area contributed by atoms with Gasteiger partial charge in [0, 0.05) is 24.2 Å². The van der Waals surface area contributed by atoms with E-state index in [2.05, 4.69) is 90.5 Å². The first kappa shape index (κ1) is 29.7. The highest BCUT2D eigenvalue weighted by Gasteiger charge is 2.50. The van der Waals surface area contributed by atoms with E-state index in [0.717, 1.165) is 11.4 Å². The van der Waals surface area contributed by atoms with Crippen LogP contribution in [0.4, 0.5) is 17.1 Å². The maximum atomic E-state index is 13.8. The lowest BCUT2D eigenvalue weighted by molar-refractivity contribution is -0.385. The minimum atomic E-state index is -2.74. The topological polar surface area (TPSA) is 84.7 Å². The minimum Gasteiger partial charge on any atom is -0.405 e. The summed E-state index contributed by atoms with van der Waals surface area (Å²) >= 11 is 3.22. The van der Waals surface area contributed by atoms with Gasteiger partial charge in [0.05, 0.1) is 27.4 Å². The molecule has 1 N–H and O–H groups in total. The van der Waals surface area contributed by atoms with Crippen LogP contribution in [0.2, 0.25) is 5.04 Å². The number of nitro groups is 1. The summed E-state index contributed by atoms with van der Waals surface area (Å²) in [4.78, 5) is 26.5. The van der Waals surface area contributed by atoms with Crippen LogP contribution in [0.1, 0.15) is 37.6 Å². The van der Waals surface area contributed by atoms with E-state index in [0.29, 0.717) is 24.0 Å². The Labute approximate surface area is 255 Å². The number of benzene rings is 4. The highest BCUT2D eigenvalue weighted by molar-refractivity contribution is 9.10. The number of nitro benzene ring substituents is 1. The summed E-state index contributed by atoms with van der Waals surface area (Å²) in [5, 5.41) is 17.4. The first-order valence-electron chi connectivity index (χ1n) is 14.0. The third kappa shape index (κ3) is 5.77. The van der Waals surface area contributed by atoms with Gasteiger partial charge >= 0.3 is 0 Å². The minimum absolute atomic E-state index is 0.0650. The Balaban J connectivity index is 1.46. The summed E-state index contributed by atoms with van der Waals surface area (Å²) in [5.41, 5.74) is 1.69. The molecule has 4 aromatic rings. The molecule has 1 unspecified atom stereocenters. The predicted molar refractivity (Wildman–Crippen MR) is 175 cm³/mol. The molecule has 9 heteroatoms. The van der Waals surface area contributed by atoms with Gasteiger partial charge in [0.15, 0.2) is 0 Å². The fourth-order valence-corrected chi connectivity index (χ4v) is 10.8. The van der Waals surface area contributed by atoms with Gasteiger partial charge in [-0.15, -0.1) is 0 Å². The number of hydrogen-bond acceptors (Lipinski definition) is 5. The van der Waals surface area contributed by atoms with E-state index >= 15 is 0 Å². The van der Waals surface area contributed by atoms with E-state index in [1.807, 2.05) is 36.4 Å². The van der Waals surface area contributed by atoms with Gasteiger partial charge in [-0.1, -0.05) is 93.6 Å². The lowest BCUT2D eigenvalue weighted by Crippen LogP contribution is -2.67. The van der Waals surface area contributed by atoms with Gasteiger partial charge in [0.1, 0.15) is 0 Å². The van der Waals surface area contributed by atoms with Crippen LogP contribution in [0.15, 0.2) is 108 Å². The first-order chi connectivity index (χ1) is 20.1. The second-order valence-electron chi connectivity index (χ2n) is 11.5. The van der Waals surface area contributed by atoms with Gasteiger partial charge in [-0.25, -0.2) is 0 Å². The SMILES string of the molecule is CC(C)(C)[Si](OCC1CCN(C(=O)c2ccc(Br)c([N+](=O)[O-])c2)c2ccccc2N1)(c1ccccc1)c1ccccc1. The van der Waals surface area contributed by atoms with Crippen molar-refractivity contribution < 1.29 is 14.1 Å². The van der Waals surface area contributed by atoms with Gasteiger partial charge in [-0.05, 0) is 62.0 Å². The van der Waals surface area contributed by atoms with Crippen molar-refractivity contribution in [3.8, 4) is 0 Å². The van der Waals surface area contributed by atoms with E-state index in [1.165, 1.54) is 16.4 Å². The summed E-state index contributed by atoms with van der Waals surface area (Å²) in [6.07, 6.45) is 0.636. The Morgan fingerprint density at radius 2 is 1.57 bits per heavy atom. The molecule has 42 heavy (non-hydrogen) atoms. The maximum absolute atomic E-state index is 13.8. The molecule has 7 nitrogen and oxygen atoms in total. The van der Waals surface area contributed by atoms with Crippen molar-refractivity contribution in [2.24, 2.45) is 0 Å². The van der Waals surface area contributed by atoms with Crippen molar-refractivity contribution in [3.05, 3.63) is 123 Å². The summed E-state index contributed by atoms with van der Waals surface area (Å²) in [5.74, 6) is -0.284. The molecule has 216 valence electrons. The number of halogens is 1. The van der Waals surface area contributed by atoms with Gasteiger partial charge < -0.3 is 14.6 Å². The number of hydrogen-bond donors (Lipinski definition) is 1. The molecule has 1 heterocycles. The molecule has 0 saturated heterocycles. The second-order valence-corrected chi connectivity index (χ2v) is 16.7. The molecule has 5 rings (SSSR count). The fourth-order valence-electron chi connectivity index (χ4n) is 5.79. The van der Waals surface area contributed by atoms with Crippen molar-refractivity contribution in [1.29, 1.82) is 0 Å². The fraction of sp³-hybridized carbons (Fsp3) is 0.242. The normalized spacial score (nSPS) is 15.3. The van der Waals surface area contributed by atoms with Crippen molar-refractivity contribution >= 4 is 57.6 Å². The number of fused-ring (bicyclic) bond motifs is 1. The molecule has 0 aromatic heterocycles. The van der Waals surface area contributed by atoms with Crippen LogP contribution in [0, 0.1) is 10.1 Å². The van der Waals surface area contributed by atoms with E-state index in [-0.39, 0.29) is 28.2 Å². The molecule has 1 aliphatic rings. The summed E-state index contributed by atoms with van der Waals surface area (Å²) in [6.45, 7) is 7.65. The third-order valence-corrected chi connectivity index (χ3v) is 13.5. The van der Waals surface area contributed by atoms with E-state index in [1.54, 1.807) is 17.0 Å². The van der Waals surface area contributed by atoms with Gasteiger partial charge in [-0.3, -0.25) is 14.9 Å². The molecule has 1 aliphatic heterocycles. The molecule has 0 spiro atoms. The van der Waals surface area contributed by atoms with Gasteiger partial charge in [0.2, 0.25) is 0 Å². The largest absolute Gasteiger partial charge is 0.405 e. The number of anilines is 2. The maximum Gasteiger partial charge on any atom is 0.284 e. The Morgan fingerprint density at radius 3 is 2.17 bits per heavy atom.